The first-order valence-corrected chi connectivity index (χ1v) is 28.4. The topological polar surface area (TPSA) is 21.7 Å². The molecule has 77 heavy (non-hydrogen) atoms. The van der Waals surface area contributed by atoms with E-state index < -0.39 is 23.7 Å². The van der Waals surface area contributed by atoms with Crippen LogP contribution in [0.2, 0.25) is 0 Å². The van der Waals surface area contributed by atoms with Gasteiger partial charge in [-0.2, -0.15) is 0 Å². The number of hydrogen-bond donors (Lipinski definition) is 0. The summed E-state index contributed by atoms with van der Waals surface area (Å²) in [6.07, 6.45) is 1.67. The van der Waals surface area contributed by atoms with Crippen LogP contribution in [0.5, 0.6) is 0 Å². The van der Waals surface area contributed by atoms with Gasteiger partial charge in [-0.1, -0.05) is 234 Å². The molecule has 12 rings (SSSR count). The zero-order valence-corrected chi connectivity index (χ0v) is 47.9. The predicted octanol–water partition coefficient (Wildman–Crippen LogP) is 18.6. The molecule has 1 unspecified atom stereocenters. The molecule has 3 nitrogen and oxygen atoms in total. The minimum absolute atomic E-state index is 0.0185. The smallest absolute Gasteiger partial charge is 0.399 e. The molecule has 0 bridgehead atoms. The van der Waals surface area contributed by atoms with E-state index in [-0.39, 0.29) is 16.2 Å². The molecule has 384 valence electrons. The van der Waals surface area contributed by atoms with Crippen molar-refractivity contribution in [1.29, 1.82) is 0 Å². The first-order valence-electron chi connectivity index (χ1n) is 27.6. The van der Waals surface area contributed by atoms with Crippen LogP contribution in [0.25, 0.3) is 33.4 Å². The second-order valence-corrected chi connectivity index (χ2v) is 25.7. The van der Waals surface area contributed by atoms with Gasteiger partial charge in [-0.3, -0.25) is 0 Å². The highest BCUT2D eigenvalue weighted by molar-refractivity contribution is 9.10. The van der Waals surface area contributed by atoms with Gasteiger partial charge >= 0.3 is 7.12 Å². The second-order valence-electron chi connectivity index (χ2n) is 24.8. The van der Waals surface area contributed by atoms with Crippen LogP contribution in [0.1, 0.15) is 127 Å². The highest BCUT2D eigenvalue weighted by Gasteiger charge is 2.55. The summed E-state index contributed by atoms with van der Waals surface area (Å²) in [4.78, 5) is 2.39. The van der Waals surface area contributed by atoms with Crippen LogP contribution >= 0.6 is 15.9 Å². The Balaban J connectivity index is 0.875. The summed E-state index contributed by atoms with van der Waals surface area (Å²) in [5.41, 5.74) is 20.2. The molecule has 0 saturated carbocycles. The van der Waals surface area contributed by atoms with Crippen LogP contribution in [0.4, 0.5) is 17.1 Å². The van der Waals surface area contributed by atoms with E-state index in [1.165, 1.54) is 77.9 Å². The van der Waals surface area contributed by atoms with Gasteiger partial charge in [0.15, 0.2) is 0 Å². The fourth-order valence-electron chi connectivity index (χ4n) is 12.9. The SMILES string of the molecule is CC(C)(C)c1ccc2c(c1)C(c1ccccc1)(c1ccccc1)c1cc(C(C)(C)CCC3(C)OB(c4cccc(N(c5ccc(-c6ccccc6)cc5)c5ccc6c(c5)C(C)(C)c5ccccc5-6)c4)OC3(C)C)cc(Br)c1-2. The normalized spacial score (nSPS) is 17.6. The maximum absolute atomic E-state index is 7.29. The molecule has 0 radical (unpaired) electrons. The van der Waals surface area contributed by atoms with E-state index >= 15 is 0 Å². The first-order chi connectivity index (χ1) is 36.8. The van der Waals surface area contributed by atoms with E-state index in [9.17, 15) is 0 Å². The molecule has 0 aromatic heterocycles. The quantitative estimate of drug-likeness (QED) is 0.121. The molecule has 9 aromatic carbocycles. The lowest BCUT2D eigenvalue weighted by Crippen LogP contribution is -2.45. The number of halogens is 1. The Morgan fingerprint density at radius 3 is 1.71 bits per heavy atom. The van der Waals surface area contributed by atoms with Crippen LogP contribution in [0.15, 0.2) is 217 Å². The second kappa shape index (κ2) is 18.7. The van der Waals surface area contributed by atoms with Gasteiger partial charge in [0.05, 0.1) is 16.6 Å². The van der Waals surface area contributed by atoms with Gasteiger partial charge in [0.1, 0.15) is 0 Å². The summed E-state index contributed by atoms with van der Waals surface area (Å²) in [6, 6.07) is 78.7. The Morgan fingerprint density at radius 2 is 1.04 bits per heavy atom. The van der Waals surface area contributed by atoms with Crippen LogP contribution < -0.4 is 10.4 Å². The summed E-state index contributed by atoms with van der Waals surface area (Å²) in [5, 5.41) is 0. The molecule has 1 aliphatic heterocycles. The predicted molar refractivity (Wildman–Crippen MR) is 327 cm³/mol. The summed E-state index contributed by atoms with van der Waals surface area (Å²) in [7, 11) is -0.559. The van der Waals surface area contributed by atoms with Gasteiger partial charge in [-0.05, 0) is 165 Å². The molecule has 3 aliphatic rings. The van der Waals surface area contributed by atoms with Crippen molar-refractivity contribution in [3.8, 4) is 33.4 Å². The third kappa shape index (κ3) is 8.47. The maximum atomic E-state index is 7.29. The monoisotopic (exact) mass is 1070 g/mol. The van der Waals surface area contributed by atoms with E-state index in [1.807, 2.05) is 0 Å². The van der Waals surface area contributed by atoms with Gasteiger partial charge in [-0.15, -0.1) is 0 Å². The van der Waals surface area contributed by atoms with Crippen LogP contribution in [0.3, 0.4) is 0 Å². The Hall–Kier alpha value is -6.76. The molecule has 9 aromatic rings. The van der Waals surface area contributed by atoms with Crippen molar-refractivity contribution in [2.45, 2.75) is 115 Å². The van der Waals surface area contributed by atoms with Crippen molar-refractivity contribution in [3.05, 3.63) is 261 Å². The lowest BCUT2D eigenvalue weighted by molar-refractivity contribution is -0.0201. The lowest BCUT2D eigenvalue weighted by Gasteiger charge is -2.39. The number of anilines is 3. The summed E-state index contributed by atoms with van der Waals surface area (Å²) < 4.78 is 15.5. The summed E-state index contributed by atoms with van der Waals surface area (Å²) >= 11 is 4.23. The molecule has 0 amide bonds. The zero-order valence-electron chi connectivity index (χ0n) is 46.3. The van der Waals surface area contributed by atoms with E-state index in [1.54, 1.807) is 0 Å². The summed E-state index contributed by atoms with van der Waals surface area (Å²) in [6.45, 7) is 23.1. The van der Waals surface area contributed by atoms with E-state index in [2.05, 4.69) is 302 Å². The molecule has 0 N–H and O–H groups in total. The van der Waals surface area contributed by atoms with Gasteiger partial charge in [-0.25, -0.2) is 0 Å². The third-order valence-electron chi connectivity index (χ3n) is 18.0. The fourth-order valence-corrected chi connectivity index (χ4v) is 13.6. The van der Waals surface area contributed by atoms with Gasteiger partial charge < -0.3 is 14.2 Å². The average molecular weight is 1070 g/mol. The first kappa shape index (κ1) is 51.0. The third-order valence-corrected chi connectivity index (χ3v) is 18.6. The van der Waals surface area contributed by atoms with Crippen molar-refractivity contribution in [3.63, 3.8) is 0 Å². The molecule has 1 atom stereocenters. The number of rotatable bonds is 11. The minimum atomic E-state index is -0.593. The van der Waals surface area contributed by atoms with E-state index in [0.717, 1.165) is 39.8 Å². The van der Waals surface area contributed by atoms with Crippen LogP contribution in [-0.4, -0.2) is 18.3 Å². The molecule has 1 saturated heterocycles. The average Bonchev–Trinajstić information content (AvgIpc) is 4.20. The van der Waals surface area contributed by atoms with Gasteiger partial charge in [0.2, 0.25) is 0 Å². The van der Waals surface area contributed by atoms with Crippen LogP contribution in [-0.2, 0) is 31.0 Å². The molecular formula is C72H69BBrNO2. The lowest BCUT2D eigenvalue weighted by atomic mass is 9.66. The molecule has 1 fully saturated rings. The molecule has 1 heterocycles. The highest BCUT2D eigenvalue weighted by atomic mass is 79.9. The van der Waals surface area contributed by atoms with Crippen molar-refractivity contribution < 1.29 is 9.31 Å². The minimum Gasteiger partial charge on any atom is -0.399 e. The van der Waals surface area contributed by atoms with Crippen molar-refractivity contribution >= 4 is 45.6 Å². The van der Waals surface area contributed by atoms with E-state index in [4.69, 9.17) is 9.31 Å². The molecule has 0 spiro atoms. The molecule has 2 aliphatic carbocycles. The standard InChI is InChI=1S/C72H69BBrNO2/c1-67(2,3)52-35-39-60-63(43-52)72(50-25-16-12-17-26-50,51-27-18-13-19-28-51)64-44-53(45-65(74)66(60)64)68(4,5)41-42-71(10)70(8,9)76-73(77-71)54-29-22-30-56(46-54)75(55-36-33-49(34-37-55)48-23-14-11-15-24-48)57-38-40-59-58-31-20-21-32-61(58)69(6,7)62(59)47-57/h11-40,43-47H,41-42H2,1-10H3. The van der Waals surface area contributed by atoms with E-state index in [0.29, 0.717) is 0 Å². The number of benzene rings is 9. The highest BCUT2D eigenvalue weighted by Crippen LogP contribution is 2.60. The van der Waals surface area contributed by atoms with Crippen molar-refractivity contribution in [2.24, 2.45) is 0 Å². The number of hydrogen-bond acceptors (Lipinski definition) is 3. The summed E-state index contributed by atoms with van der Waals surface area (Å²) in [5.74, 6) is 0. The Bertz CT molecular complexity index is 3650. The number of fused-ring (bicyclic) bond motifs is 6. The van der Waals surface area contributed by atoms with Gasteiger partial charge in [0, 0.05) is 32.5 Å². The Morgan fingerprint density at radius 1 is 0.468 bits per heavy atom. The fraction of sp³-hybridized carbons (Fsp3) is 0.250. The Labute approximate surface area is 466 Å². The zero-order chi connectivity index (χ0) is 53.7. The number of nitrogens with zero attached hydrogens (tertiary/aromatic N) is 1. The molecular weight excluding hydrogens is 1000 g/mol. The Kier molecular flexibility index (Phi) is 12.4. The maximum Gasteiger partial charge on any atom is 0.494 e. The van der Waals surface area contributed by atoms with Crippen LogP contribution in [0, 0.1) is 0 Å². The molecule has 5 heteroatoms. The van der Waals surface area contributed by atoms with Gasteiger partial charge in [0.25, 0.3) is 0 Å². The largest absolute Gasteiger partial charge is 0.494 e. The van der Waals surface area contributed by atoms with Crippen molar-refractivity contribution in [2.75, 3.05) is 4.90 Å². The van der Waals surface area contributed by atoms with Crippen molar-refractivity contribution in [1.82, 2.24) is 0 Å².